The molecule has 0 saturated heterocycles. The molecule has 3 aromatic rings. The van der Waals surface area contributed by atoms with Crippen LogP contribution in [0.15, 0.2) is 51.9 Å². The van der Waals surface area contributed by atoms with Crippen molar-refractivity contribution in [2.24, 2.45) is 0 Å². The Morgan fingerprint density at radius 3 is 2.81 bits per heavy atom. The van der Waals surface area contributed by atoms with E-state index in [2.05, 4.69) is 21.0 Å². The molecule has 0 atom stereocenters. The van der Waals surface area contributed by atoms with Crippen LogP contribution in [-0.2, 0) is 0 Å². The van der Waals surface area contributed by atoms with E-state index in [1.807, 2.05) is 19.1 Å². The first-order valence-electron chi connectivity index (χ1n) is 6.34. The van der Waals surface area contributed by atoms with Crippen LogP contribution >= 0.6 is 15.9 Å². The number of carbonyl (C=O) groups excluding carboxylic acids is 1. The van der Waals surface area contributed by atoms with Gasteiger partial charge in [-0.3, -0.25) is 9.59 Å². The first-order chi connectivity index (χ1) is 10.1. The van der Waals surface area contributed by atoms with E-state index in [0.717, 1.165) is 10.9 Å². The van der Waals surface area contributed by atoms with Gasteiger partial charge >= 0.3 is 0 Å². The van der Waals surface area contributed by atoms with Crippen LogP contribution < -0.4 is 5.56 Å². The Morgan fingerprint density at radius 1 is 1.24 bits per heavy atom. The summed E-state index contributed by atoms with van der Waals surface area (Å²) in [6, 6.07) is 10.8. The number of hydrogen-bond donors (Lipinski definition) is 0. The van der Waals surface area contributed by atoms with Crippen LogP contribution in [0.3, 0.4) is 0 Å². The topological polar surface area (TPSA) is 52.0 Å². The molecule has 2 aromatic carbocycles. The number of hydrogen-bond acceptors (Lipinski definition) is 3. The molecule has 0 saturated carbocycles. The van der Waals surface area contributed by atoms with Crippen molar-refractivity contribution in [3.8, 4) is 5.69 Å². The van der Waals surface area contributed by atoms with E-state index in [1.165, 1.54) is 4.68 Å². The van der Waals surface area contributed by atoms with Crippen molar-refractivity contribution < 1.29 is 4.79 Å². The van der Waals surface area contributed by atoms with E-state index < -0.39 is 0 Å². The Kier molecular flexibility index (Phi) is 3.43. The normalized spacial score (nSPS) is 10.8. The van der Waals surface area contributed by atoms with Crippen molar-refractivity contribution in [3.63, 3.8) is 0 Å². The van der Waals surface area contributed by atoms with Gasteiger partial charge in [0.2, 0.25) is 0 Å². The first-order valence-corrected chi connectivity index (χ1v) is 7.14. The third kappa shape index (κ3) is 2.29. The number of aldehydes is 1. The second kappa shape index (κ2) is 5.26. The van der Waals surface area contributed by atoms with Gasteiger partial charge in [0.25, 0.3) is 5.56 Å². The summed E-state index contributed by atoms with van der Waals surface area (Å²) in [6.07, 6.45) is 2.35. The van der Waals surface area contributed by atoms with Gasteiger partial charge in [-0.05, 0) is 47.1 Å². The quantitative estimate of drug-likeness (QED) is 0.671. The molecule has 0 amide bonds. The lowest BCUT2D eigenvalue weighted by molar-refractivity contribution is 0.112. The summed E-state index contributed by atoms with van der Waals surface area (Å²) in [7, 11) is 0. The number of rotatable bonds is 2. The van der Waals surface area contributed by atoms with Crippen molar-refractivity contribution in [3.05, 3.63) is 68.5 Å². The van der Waals surface area contributed by atoms with E-state index in [4.69, 9.17) is 0 Å². The molecule has 4 nitrogen and oxygen atoms in total. The van der Waals surface area contributed by atoms with Crippen LogP contribution in [0.5, 0.6) is 0 Å². The van der Waals surface area contributed by atoms with Gasteiger partial charge in [-0.1, -0.05) is 17.7 Å². The summed E-state index contributed by atoms with van der Waals surface area (Å²) in [5.41, 5.74) is 1.69. The highest BCUT2D eigenvalue weighted by Gasteiger charge is 2.12. The molecule has 5 heteroatoms. The predicted molar refractivity (Wildman–Crippen MR) is 85.2 cm³/mol. The van der Waals surface area contributed by atoms with Crippen LogP contribution in [0.25, 0.3) is 16.5 Å². The SMILES string of the molecule is Cc1ccc2c(=O)n(-c3cccc(Br)c3C=O)ncc2c1. The van der Waals surface area contributed by atoms with Gasteiger partial charge in [-0.2, -0.15) is 9.78 Å². The fraction of sp³-hybridized carbons (Fsp3) is 0.0625. The van der Waals surface area contributed by atoms with E-state index in [9.17, 15) is 9.59 Å². The zero-order valence-corrected chi connectivity index (χ0v) is 12.8. The lowest BCUT2D eigenvalue weighted by Gasteiger charge is -2.09. The number of benzene rings is 2. The molecule has 0 radical (unpaired) electrons. The van der Waals surface area contributed by atoms with Crippen LogP contribution in [0.1, 0.15) is 15.9 Å². The maximum absolute atomic E-state index is 12.6. The van der Waals surface area contributed by atoms with Gasteiger partial charge in [0.1, 0.15) is 0 Å². The highest BCUT2D eigenvalue weighted by atomic mass is 79.9. The minimum absolute atomic E-state index is 0.242. The zero-order chi connectivity index (χ0) is 15.0. The lowest BCUT2D eigenvalue weighted by atomic mass is 10.1. The minimum atomic E-state index is -0.242. The maximum atomic E-state index is 12.6. The molecule has 1 aromatic heterocycles. The van der Waals surface area contributed by atoms with Gasteiger partial charge < -0.3 is 0 Å². The summed E-state index contributed by atoms with van der Waals surface area (Å²) in [4.78, 5) is 23.9. The van der Waals surface area contributed by atoms with E-state index in [1.54, 1.807) is 30.5 Å². The fourth-order valence-corrected chi connectivity index (χ4v) is 2.72. The summed E-state index contributed by atoms with van der Waals surface area (Å²) in [5.74, 6) is 0. The molecule has 0 unspecified atom stereocenters. The Hall–Kier alpha value is -2.27. The Bertz CT molecular complexity index is 916. The van der Waals surface area contributed by atoms with Gasteiger partial charge in [0.05, 0.1) is 22.8 Å². The lowest BCUT2D eigenvalue weighted by Crippen LogP contribution is -2.22. The van der Waals surface area contributed by atoms with Gasteiger partial charge in [0.15, 0.2) is 6.29 Å². The smallest absolute Gasteiger partial charge is 0.279 e. The number of aromatic nitrogens is 2. The maximum Gasteiger partial charge on any atom is 0.279 e. The molecular weight excluding hydrogens is 332 g/mol. The van der Waals surface area contributed by atoms with Gasteiger partial charge in [-0.25, -0.2) is 0 Å². The number of fused-ring (bicyclic) bond motifs is 1. The summed E-state index contributed by atoms with van der Waals surface area (Å²) < 4.78 is 1.89. The number of nitrogens with zero attached hydrogens (tertiary/aromatic N) is 2. The standard InChI is InChI=1S/C16H11BrN2O2/c1-10-5-6-12-11(7-10)8-18-19(16(12)21)15-4-2-3-14(17)13(15)9-20/h2-9H,1H3. The average molecular weight is 343 g/mol. The first kappa shape index (κ1) is 13.7. The molecule has 0 spiro atoms. The minimum Gasteiger partial charge on any atom is -0.298 e. The van der Waals surface area contributed by atoms with Crippen molar-refractivity contribution in [2.75, 3.05) is 0 Å². The van der Waals surface area contributed by atoms with E-state index in [-0.39, 0.29) is 5.56 Å². The third-order valence-corrected chi connectivity index (χ3v) is 4.01. The molecule has 0 aliphatic heterocycles. The Labute approximate surface area is 129 Å². The van der Waals surface area contributed by atoms with Crippen molar-refractivity contribution >= 4 is 33.0 Å². The molecule has 21 heavy (non-hydrogen) atoms. The molecule has 0 N–H and O–H groups in total. The Balaban J connectivity index is 2.34. The monoisotopic (exact) mass is 342 g/mol. The van der Waals surface area contributed by atoms with Crippen LogP contribution in [0.4, 0.5) is 0 Å². The summed E-state index contributed by atoms with van der Waals surface area (Å²) in [6.45, 7) is 1.96. The zero-order valence-electron chi connectivity index (χ0n) is 11.2. The highest BCUT2D eigenvalue weighted by molar-refractivity contribution is 9.10. The number of carbonyl (C=O) groups is 1. The Morgan fingerprint density at radius 2 is 2.05 bits per heavy atom. The molecule has 0 aliphatic carbocycles. The summed E-state index contributed by atoms with van der Waals surface area (Å²) in [5, 5.41) is 5.56. The molecule has 1 heterocycles. The third-order valence-electron chi connectivity index (χ3n) is 3.32. The number of halogens is 1. The second-order valence-corrected chi connectivity index (χ2v) is 5.60. The highest BCUT2D eigenvalue weighted by Crippen LogP contribution is 2.21. The van der Waals surface area contributed by atoms with Crippen molar-refractivity contribution in [1.82, 2.24) is 9.78 Å². The second-order valence-electron chi connectivity index (χ2n) is 4.74. The van der Waals surface area contributed by atoms with Crippen LogP contribution in [0, 0.1) is 6.92 Å². The molecule has 0 aliphatic rings. The van der Waals surface area contributed by atoms with Crippen molar-refractivity contribution in [1.29, 1.82) is 0 Å². The van der Waals surface area contributed by atoms with E-state index >= 15 is 0 Å². The summed E-state index contributed by atoms with van der Waals surface area (Å²) >= 11 is 3.31. The predicted octanol–water partition coefficient (Wildman–Crippen LogP) is 3.27. The molecule has 3 rings (SSSR count). The van der Waals surface area contributed by atoms with E-state index in [0.29, 0.717) is 27.4 Å². The average Bonchev–Trinajstić information content (AvgIpc) is 2.47. The molecule has 104 valence electrons. The molecular formula is C16H11BrN2O2. The number of aryl methyl sites for hydroxylation is 1. The molecule has 0 bridgehead atoms. The van der Waals surface area contributed by atoms with Crippen LogP contribution in [-0.4, -0.2) is 16.1 Å². The van der Waals surface area contributed by atoms with Gasteiger partial charge in [-0.15, -0.1) is 0 Å². The van der Waals surface area contributed by atoms with Crippen molar-refractivity contribution in [2.45, 2.75) is 6.92 Å². The largest absolute Gasteiger partial charge is 0.298 e. The molecule has 0 fully saturated rings. The van der Waals surface area contributed by atoms with Gasteiger partial charge in [0, 0.05) is 9.86 Å². The fourth-order valence-electron chi connectivity index (χ4n) is 2.27. The van der Waals surface area contributed by atoms with Crippen LogP contribution in [0.2, 0.25) is 0 Å².